The molecule has 2 heterocycles. The third kappa shape index (κ3) is 2.17. The average molecular weight is 248 g/mol. The molecular weight excluding hydrogens is 228 g/mol. The Morgan fingerprint density at radius 1 is 1.39 bits per heavy atom. The predicted molar refractivity (Wildman–Crippen MR) is 71.1 cm³/mol. The van der Waals surface area contributed by atoms with Gasteiger partial charge < -0.3 is 10.2 Å². The van der Waals surface area contributed by atoms with E-state index in [9.17, 15) is 4.79 Å². The molecule has 0 aliphatic carbocycles. The SMILES string of the molecule is CCN(C)c1nc(C(C)C)nc2c1CCNC2=O. The molecule has 0 fully saturated rings. The van der Waals surface area contributed by atoms with Crippen molar-refractivity contribution >= 4 is 11.7 Å². The van der Waals surface area contributed by atoms with E-state index in [0.29, 0.717) is 12.2 Å². The van der Waals surface area contributed by atoms with Crippen LogP contribution in [0.4, 0.5) is 5.82 Å². The maximum Gasteiger partial charge on any atom is 0.270 e. The fraction of sp³-hybridized carbons (Fsp3) is 0.615. The number of rotatable bonds is 3. The summed E-state index contributed by atoms with van der Waals surface area (Å²) in [7, 11) is 2.00. The summed E-state index contributed by atoms with van der Waals surface area (Å²) >= 11 is 0. The molecule has 0 spiro atoms. The van der Waals surface area contributed by atoms with Gasteiger partial charge in [-0.05, 0) is 13.3 Å². The maximum absolute atomic E-state index is 11.9. The van der Waals surface area contributed by atoms with Gasteiger partial charge in [0.05, 0.1) is 0 Å². The lowest BCUT2D eigenvalue weighted by molar-refractivity contribution is 0.0940. The number of fused-ring (bicyclic) bond motifs is 1. The van der Waals surface area contributed by atoms with Crippen molar-refractivity contribution in [1.29, 1.82) is 0 Å². The molecule has 1 aliphatic rings. The van der Waals surface area contributed by atoms with Gasteiger partial charge in [0.15, 0.2) is 0 Å². The molecule has 0 bridgehead atoms. The predicted octanol–water partition coefficient (Wildman–Crippen LogP) is 1.34. The monoisotopic (exact) mass is 248 g/mol. The zero-order valence-corrected chi connectivity index (χ0v) is 11.4. The first-order chi connectivity index (χ1) is 8.54. The molecule has 0 atom stereocenters. The summed E-state index contributed by atoms with van der Waals surface area (Å²) in [5, 5.41) is 2.84. The number of anilines is 1. The van der Waals surface area contributed by atoms with E-state index in [1.54, 1.807) is 0 Å². The van der Waals surface area contributed by atoms with Gasteiger partial charge in [-0.2, -0.15) is 0 Å². The lowest BCUT2D eigenvalue weighted by Crippen LogP contribution is -2.35. The second-order valence-corrected chi connectivity index (χ2v) is 4.91. The molecule has 2 rings (SSSR count). The van der Waals surface area contributed by atoms with Crippen molar-refractivity contribution < 1.29 is 4.79 Å². The van der Waals surface area contributed by atoms with E-state index >= 15 is 0 Å². The molecule has 18 heavy (non-hydrogen) atoms. The van der Waals surface area contributed by atoms with E-state index in [2.05, 4.69) is 27.1 Å². The summed E-state index contributed by atoms with van der Waals surface area (Å²) in [6.45, 7) is 7.69. The topological polar surface area (TPSA) is 58.1 Å². The van der Waals surface area contributed by atoms with Crippen LogP contribution in [-0.2, 0) is 6.42 Å². The van der Waals surface area contributed by atoms with Crippen molar-refractivity contribution in [2.45, 2.75) is 33.1 Å². The first kappa shape index (κ1) is 12.8. The molecule has 0 unspecified atom stereocenters. The highest BCUT2D eigenvalue weighted by Crippen LogP contribution is 2.25. The van der Waals surface area contributed by atoms with Gasteiger partial charge >= 0.3 is 0 Å². The molecule has 0 radical (unpaired) electrons. The lowest BCUT2D eigenvalue weighted by atomic mass is 10.0. The summed E-state index contributed by atoms with van der Waals surface area (Å²) < 4.78 is 0. The van der Waals surface area contributed by atoms with Crippen LogP contribution in [-0.4, -0.2) is 36.0 Å². The van der Waals surface area contributed by atoms with Gasteiger partial charge in [0, 0.05) is 31.6 Å². The number of nitrogens with one attached hydrogen (secondary N) is 1. The minimum atomic E-state index is -0.0775. The van der Waals surface area contributed by atoms with Crippen LogP contribution in [0.1, 0.15) is 48.6 Å². The van der Waals surface area contributed by atoms with Gasteiger partial charge in [-0.15, -0.1) is 0 Å². The van der Waals surface area contributed by atoms with E-state index < -0.39 is 0 Å². The highest BCUT2D eigenvalue weighted by atomic mass is 16.1. The number of aromatic nitrogens is 2. The van der Waals surface area contributed by atoms with Crippen LogP contribution in [0.3, 0.4) is 0 Å². The Balaban J connectivity index is 2.59. The Morgan fingerprint density at radius 3 is 2.72 bits per heavy atom. The van der Waals surface area contributed by atoms with Gasteiger partial charge in [0.2, 0.25) is 0 Å². The number of carbonyl (C=O) groups excluding carboxylic acids is 1. The number of hydrogen-bond acceptors (Lipinski definition) is 4. The Labute approximate surface area is 108 Å². The summed E-state index contributed by atoms with van der Waals surface area (Å²) in [6.07, 6.45) is 0.805. The number of nitrogens with zero attached hydrogens (tertiary/aromatic N) is 3. The van der Waals surface area contributed by atoms with Crippen LogP contribution >= 0.6 is 0 Å². The Kier molecular flexibility index (Phi) is 3.50. The van der Waals surface area contributed by atoms with Crippen molar-refractivity contribution in [3.05, 3.63) is 17.1 Å². The Hall–Kier alpha value is -1.65. The summed E-state index contributed by atoms with van der Waals surface area (Å²) in [5.74, 6) is 1.78. The molecule has 0 saturated carbocycles. The average Bonchev–Trinajstić information content (AvgIpc) is 2.37. The largest absolute Gasteiger partial charge is 0.360 e. The maximum atomic E-state index is 11.9. The van der Waals surface area contributed by atoms with E-state index in [1.165, 1.54) is 0 Å². The molecule has 1 aliphatic heterocycles. The number of hydrogen-bond donors (Lipinski definition) is 1. The standard InChI is InChI=1S/C13H20N4O/c1-5-17(4)12-9-6-7-14-13(18)10(9)15-11(16-12)8(2)3/h8H,5-7H2,1-4H3,(H,14,18). The van der Waals surface area contributed by atoms with Crippen LogP contribution < -0.4 is 10.2 Å². The number of carbonyl (C=O) groups is 1. The molecule has 5 heteroatoms. The van der Waals surface area contributed by atoms with Crippen LogP contribution in [0.5, 0.6) is 0 Å². The van der Waals surface area contributed by atoms with E-state index in [-0.39, 0.29) is 11.8 Å². The lowest BCUT2D eigenvalue weighted by Gasteiger charge is -2.25. The number of amides is 1. The van der Waals surface area contributed by atoms with E-state index in [1.807, 2.05) is 20.9 Å². The molecule has 1 amide bonds. The van der Waals surface area contributed by atoms with Gasteiger partial charge in [0.1, 0.15) is 17.3 Å². The Bertz CT molecular complexity index is 470. The second kappa shape index (κ2) is 4.92. The normalized spacial score (nSPS) is 14.4. The van der Waals surface area contributed by atoms with E-state index in [4.69, 9.17) is 0 Å². The molecule has 5 nitrogen and oxygen atoms in total. The van der Waals surface area contributed by atoms with Crippen molar-refractivity contribution in [2.24, 2.45) is 0 Å². The highest BCUT2D eigenvalue weighted by molar-refractivity contribution is 5.96. The van der Waals surface area contributed by atoms with Crippen LogP contribution in [0.15, 0.2) is 0 Å². The highest BCUT2D eigenvalue weighted by Gasteiger charge is 2.25. The third-order valence-electron chi connectivity index (χ3n) is 3.23. The minimum absolute atomic E-state index is 0.0775. The molecule has 0 saturated heterocycles. The Morgan fingerprint density at radius 2 is 2.11 bits per heavy atom. The molecule has 1 aromatic rings. The minimum Gasteiger partial charge on any atom is -0.360 e. The van der Waals surface area contributed by atoms with Crippen molar-refractivity contribution in [1.82, 2.24) is 15.3 Å². The second-order valence-electron chi connectivity index (χ2n) is 4.91. The summed E-state index contributed by atoms with van der Waals surface area (Å²) in [5.41, 5.74) is 1.53. The third-order valence-corrected chi connectivity index (χ3v) is 3.23. The zero-order valence-electron chi connectivity index (χ0n) is 11.4. The van der Waals surface area contributed by atoms with Crippen LogP contribution in [0.2, 0.25) is 0 Å². The molecule has 0 aromatic carbocycles. The summed E-state index contributed by atoms with van der Waals surface area (Å²) in [4.78, 5) is 23.0. The van der Waals surface area contributed by atoms with Crippen LogP contribution in [0, 0.1) is 0 Å². The first-order valence-electron chi connectivity index (χ1n) is 6.44. The smallest absolute Gasteiger partial charge is 0.270 e. The van der Waals surface area contributed by atoms with Crippen molar-refractivity contribution in [3.8, 4) is 0 Å². The van der Waals surface area contributed by atoms with E-state index in [0.717, 1.165) is 30.2 Å². The van der Waals surface area contributed by atoms with Crippen molar-refractivity contribution in [3.63, 3.8) is 0 Å². The fourth-order valence-electron chi connectivity index (χ4n) is 2.02. The quantitative estimate of drug-likeness (QED) is 0.877. The first-order valence-corrected chi connectivity index (χ1v) is 6.44. The fourth-order valence-corrected chi connectivity index (χ4v) is 2.02. The summed E-state index contributed by atoms with van der Waals surface area (Å²) in [6, 6.07) is 0. The molecule has 1 aromatic heterocycles. The molecule has 1 N–H and O–H groups in total. The van der Waals surface area contributed by atoms with Crippen molar-refractivity contribution in [2.75, 3.05) is 25.0 Å². The van der Waals surface area contributed by atoms with Gasteiger partial charge in [-0.1, -0.05) is 13.8 Å². The van der Waals surface area contributed by atoms with Gasteiger partial charge in [0.25, 0.3) is 5.91 Å². The van der Waals surface area contributed by atoms with Gasteiger partial charge in [-0.25, -0.2) is 9.97 Å². The molecular formula is C13H20N4O. The molecule has 98 valence electrons. The van der Waals surface area contributed by atoms with Crippen LogP contribution in [0.25, 0.3) is 0 Å². The zero-order chi connectivity index (χ0) is 13.3. The van der Waals surface area contributed by atoms with Gasteiger partial charge in [-0.3, -0.25) is 4.79 Å².